The van der Waals surface area contributed by atoms with Gasteiger partial charge in [-0.2, -0.15) is 0 Å². The molecule has 2 heteroatoms. The first kappa shape index (κ1) is 28.9. The van der Waals surface area contributed by atoms with E-state index in [1.807, 2.05) is 12.1 Å². The van der Waals surface area contributed by atoms with Crippen LogP contribution in [0.1, 0.15) is 47.2 Å². The van der Waals surface area contributed by atoms with E-state index < -0.39 is 0 Å². The first-order valence-corrected chi connectivity index (χ1v) is 17.4. The van der Waals surface area contributed by atoms with Crippen LogP contribution < -0.4 is 0 Å². The van der Waals surface area contributed by atoms with Crippen LogP contribution in [0.2, 0.25) is 0 Å². The van der Waals surface area contributed by atoms with E-state index in [0.29, 0.717) is 0 Å². The van der Waals surface area contributed by atoms with E-state index >= 15 is 0 Å². The summed E-state index contributed by atoms with van der Waals surface area (Å²) in [6, 6.07) is 61.8. The van der Waals surface area contributed by atoms with E-state index in [0.717, 1.165) is 39.1 Å². The average Bonchev–Trinajstić information content (AvgIpc) is 3.48. The number of hydrogen-bond donors (Lipinski definition) is 0. The first-order chi connectivity index (χ1) is 24.5. The molecule has 2 nitrogen and oxygen atoms in total. The summed E-state index contributed by atoms with van der Waals surface area (Å²) in [7, 11) is 0. The molecule has 0 radical (unpaired) electrons. The Balaban J connectivity index is 1.17. The Morgan fingerprint density at radius 2 is 0.940 bits per heavy atom. The molecule has 0 saturated heterocycles. The van der Waals surface area contributed by atoms with E-state index in [4.69, 9.17) is 9.97 Å². The number of fused-ring (bicyclic) bond motifs is 10. The Kier molecular flexibility index (Phi) is 6.17. The van der Waals surface area contributed by atoms with Crippen molar-refractivity contribution in [3.63, 3.8) is 0 Å². The Morgan fingerprint density at radius 1 is 0.380 bits per heavy atom. The Morgan fingerprint density at radius 3 is 1.70 bits per heavy atom. The summed E-state index contributed by atoms with van der Waals surface area (Å²) in [5.74, 6) is 0.731. The zero-order chi connectivity index (χ0) is 33.5. The third-order valence-electron chi connectivity index (χ3n) is 11.2. The predicted octanol–water partition coefficient (Wildman–Crippen LogP) is 11.6. The largest absolute Gasteiger partial charge is 0.228 e. The molecule has 2 aliphatic rings. The van der Waals surface area contributed by atoms with Crippen LogP contribution in [-0.4, -0.2) is 9.97 Å². The lowest BCUT2D eigenvalue weighted by atomic mass is 9.55. The molecule has 2 aliphatic carbocycles. The van der Waals surface area contributed by atoms with Gasteiger partial charge in [-0.25, -0.2) is 9.97 Å². The van der Waals surface area contributed by atoms with Crippen molar-refractivity contribution in [2.24, 2.45) is 0 Å². The molecule has 0 unspecified atom stereocenters. The van der Waals surface area contributed by atoms with Gasteiger partial charge in [0.2, 0.25) is 0 Å². The summed E-state index contributed by atoms with van der Waals surface area (Å²) in [4.78, 5) is 10.2. The molecule has 10 rings (SSSR count). The number of rotatable bonds is 3. The summed E-state index contributed by atoms with van der Waals surface area (Å²) < 4.78 is 0. The van der Waals surface area contributed by atoms with Crippen molar-refractivity contribution in [2.75, 3.05) is 0 Å². The minimum atomic E-state index is -0.387. The lowest BCUT2D eigenvalue weighted by molar-refractivity contribution is 0.563. The second-order valence-corrected chi connectivity index (χ2v) is 14.1. The van der Waals surface area contributed by atoms with E-state index in [1.54, 1.807) is 0 Å². The standard InChI is InChI=1S/C48H34N2/c1-47(2)40-24-11-12-25-41(40)48(38-22-9-6-19-35(38)36-20-7-10-23-39(36)48)42-28-27-33(30-43(42)47)32-17-14-18-34(29-32)46-49-44-26-13-8-21-37(44)45(50-46)31-15-4-3-5-16-31/h3-30H,1-2H3. The van der Waals surface area contributed by atoms with E-state index in [1.165, 1.54) is 50.1 Å². The van der Waals surface area contributed by atoms with E-state index in [2.05, 4.69) is 172 Å². The highest BCUT2D eigenvalue weighted by Gasteiger charge is 2.53. The van der Waals surface area contributed by atoms with Crippen molar-refractivity contribution in [1.29, 1.82) is 0 Å². The number of benzene rings is 7. The molecule has 1 heterocycles. The summed E-state index contributed by atoms with van der Waals surface area (Å²) in [6.07, 6.45) is 0. The maximum absolute atomic E-state index is 5.17. The molecule has 0 saturated carbocycles. The Bertz CT molecular complexity index is 2590. The van der Waals surface area contributed by atoms with Crippen molar-refractivity contribution < 1.29 is 0 Å². The van der Waals surface area contributed by atoms with Crippen LogP contribution in [0.3, 0.4) is 0 Å². The van der Waals surface area contributed by atoms with E-state index in [9.17, 15) is 0 Å². The molecular weight excluding hydrogens is 605 g/mol. The van der Waals surface area contributed by atoms with Crippen LogP contribution in [0.5, 0.6) is 0 Å². The first-order valence-electron chi connectivity index (χ1n) is 17.4. The number of para-hydroxylation sites is 1. The molecule has 0 aliphatic heterocycles. The van der Waals surface area contributed by atoms with Gasteiger partial charge in [0, 0.05) is 21.9 Å². The van der Waals surface area contributed by atoms with Crippen LogP contribution in [0, 0.1) is 0 Å². The molecule has 0 N–H and O–H groups in total. The van der Waals surface area contributed by atoms with Gasteiger partial charge in [-0.05, 0) is 73.8 Å². The number of nitrogens with zero attached hydrogens (tertiary/aromatic N) is 2. The van der Waals surface area contributed by atoms with Crippen LogP contribution in [-0.2, 0) is 10.8 Å². The van der Waals surface area contributed by atoms with Crippen LogP contribution in [0.15, 0.2) is 170 Å². The summed E-state index contributed by atoms with van der Waals surface area (Å²) >= 11 is 0. The fourth-order valence-corrected chi connectivity index (χ4v) is 8.89. The van der Waals surface area contributed by atoms with Gasteiger partial charge >= 0.3 is 0 Å². The Hall–Kier alpha value is -6.12. The second kappa shape index (κ2) is 10.7. The highest BCUT2D eigenvalue weighted by atomic mass is 14.9. The fourth-order valence-electron chi connectivity index (χ4n) is 8.89. The van der Waals surface area contributed by atoms with E-state index in [-0.39, 0.29) is 10.8 Å². The third kappa shape index (κ3) is 3.96. The van der Waals surface area contributed by atoms with Gasteiger partial charge < -0.3 is 0 Å². The van der Waals surface area contributed by atoms with Gasteiger partial charge in [0.25, 0.3) is 0 Å². The van der Waals surface area contributed by atoms with Crippen molar-refractivity contribution >= 4 is 10.9 Å². The Labute approximate surface area is 292 Å². The second-order valence-electron chi connectivity index (χ2n) is 14.1. The SMILES string of the molecule is CC1(C)c2ccccc2C2(c3ccccc3-c3ccccc32)c2ccc(-c3cccc(-c4nc(-c5ccccc5)c5ccccc5n4)c3)cc21. The van der Waals surface area contributed by atoms with Gasteiger partial charge in [0.05, 0.1) is 16.6 Å². The molecule has 0 atom stereocenters. The van der Waals surface area contributed by atoms with Crippen molar-refractivity contribution in [1.82, 2.24) is 9.97 Å². The molecular formula is C48H34N2. The topological polar surface area (TPSA) is 25.8 Å². The molecule has 1 spiro atoms. The van der Waals surface area contributed by atoms with Gasteiger partial charge in [-0.1, -0.05) is 166 Å². The molecule has 50 heavy (non-hydrogen) atoms. The van der Waals surface area contributed by atoms with Gasteiger partial charge in [-0.15, -0.1) is 0 Å². The van der Waals surface area contributed by atoms with Gasteiger partial charge in [0.1, 0.15) is 0 Å². The van der Waals surface area contributed by atoms with Crippen LogP contribution in [0.4, 0.5) is 0 Å². The maximum Gasteiger partial charge on any atom is 0.160 e. The highest BCUT2D eigenvalue weighted by Crippen LogP contribution is 2.62. The number of aromatic nitrogens is 2. The molecule has 0 amide bonds. The van der Waals surface area contributed by atoms with Crippen LogP contribution in [0.25, 0.3) is 55.8 Å². The molecule has 236 valence electrons. The summed E-state index contributed by atoms with van der Waals surface area (Å²) in [5, 5.41) is 1.06. The van der Waals surface area contributed by atoms with Gasteiger partial charge in [-0.3, -0.25) is 0 Å². The average molecular weight is 639 g/mol. The minimum Gasteiger partial charge on any atom is -0.228 e. The zero-order valence-electron chi connectivity index (χ0n) is 28.1. The number of hydrogen-bond acceptors (Lipinski definition) is 2. The summed E-state index contributed by atoms with van der Waals surface area (Å²) in [5.41, 5.74) is 16.6. The van der Waals surface area contributed by atoms with Crippen molar-refractivity contribution in [3.05, 3.63) is 203 Å². The molecule has 0 fully saturated rings. The normalized spacial score (nSPS) is 14.5. The third-order valence-corrected chi connectivity index (χ3v) is 11.2. The fraction of sp³-hybridized carbons (Fsp3) is 0.0833. The minimum absolute atomic E-state index is 0.205. The summed E-state index contributed by atoms with van der Waals surface area (Å²) in [6.45, 7) is 4.77. The van der Waals surface area contributed by atoms with Crippen molar-refractivity contribution in [2.45, 2.75) is 24.7 Å². The highest BCUT2D eigenvalue weighted by molar-refractivity contribution is 5.94. The van der Waals surface area contributed by atoms with Crippen LogP contribution >= 0.6 is 0 Å². The monoisotopic (exact) mass is 638 g/mol. The predicted molar refractivity (Wildman–Crippen MR) is 205 cm³/mol. The quantitative estimate of drug-likeness (QED) is 0.192. The lowest BCUT2D eigenvalue weighted by Crippen LogP contribution is -2.40. The lowest BCUT2D eigenvalue weighted by Gasteiger charge is -2.46. The zero-order valence-corrected chi connectivity index (χ0v) is 28.1. The van der Waals surface area contributed by atoms with Gasteiger partial charge in [0.15, 0.2) is 5.82 Å². The molecule has 1 aromatic heterocycles. The molecule has 7 aromatic carbocycles. The smallest absolute Gasteiger partial charge is 0.160 e. The molecule has 8 aromatic rings. The maximum atomic E-state index is 5.17. The van der Waals surface area contributed by atoms with Crippen molar-refractivity contribution in [3.8, 4) is 44.9 Å². The molecule has 0 bridgehead atoms.